The summed E-state index contributed by atoms with van der Waals surface area (Å²) in [6, 6.07) is 8.30. The lowest BCUT2D eigenvalue weighted by atomic mass is 10.2. The highest BCUT2D eigenvalue weighted by Gasteiger charge is 2.24. The maximum Gasteiger partial charge on any atom is 0.211 e. The summed E-state index contributed by atoms with van der Waals surface area (Å²) >= 11 is 9.52. The first-order chi connectivity index (χ1) is 11.9. The fourth-order valence-electron chi connectivity index (χ4n) is 2.03. The molecule has 25 heavy (non-hydrogen) atoms. The topological polar surface area (TPSA) is 61.4 Å². The third-order valence-corrected chi connectivity index (χ3v) is 6.60. The van der Waals surface area contributed by atoms with Crippen molar-refractivity contribution in [1.82, 2.24) is 9.03 Å². The summed E-state index contributed by atoms with van der Waals surface area (Å²) in [5.41, 5.74) is 0.478. The van der Waals surface area contributed by atoms with Gasteiger partial charge in [0.2, 0.25) is 6.41 Å². The molecule has 1 aliphatic rings. The van der Waals surface area contributed by atoms with Crippen molar-refractivity contribution in [2.75, 3.05) is 18.9 Å². The molecule has 0 saturated carbocycles. The second kappa shape index (κ2) is 9.75. The van der Waals surface area contributed by atoms with Crippen LogP contribution in [0.4, 0.5) is 10.1 Å². The number of carbonyl (C=O) groups excluding carboxylic acids is 1. The zero-order valence-electron chi connectivity index (χ0n) is 13.2. The molecular weight excluding hydrogens is 453 g/mol. The third-order valence-electron chi connectivity index (χ3n) is 3.34. The molecule has 0 spiro atoms. The maximum absolute atomic E-state index is 12.5. The van der Waals surface area contributed by atoms with Gasteiger partial charge in [-0.1, -0.05) is 11.6 Å². The van der Waals surface area contributed by atoms with Crippen molar-refractivity contribution in [2.45, 2.75) is 12.5 Å². The van der Waals surface area contributed by atoms with Gasteiger partial charge in [0.25, 0.3) is 0 Å². The summed E-state index contributed by atoms with van der Waals surface area (Å²) < 4.78 is 30.0. The smallest absolute Gasteiger partial charge is 0.211 e. The van der Waals surface area contributed by atoms with Crippen LogP contribution in [0.3, 0.4) is 0 Å². The van der Waals surface area contributed by atoms with Gasteiger partial charge in [-0.2, -0.15) is 0 Å². The molecule has 1 aromatic carbocycles. The third kappa shape index (κ3) is 6.12. The maximum atomic E-state index is 12.5. The first-order valence-electron chi connectivity index (χ1n) is 7.20. The Morgan fingerprint density at radius 3 is 2.80 bits per heavy atom. The van der Waals surface area contributed by atoms with Gasteiger partial charge in [-0.25, -0.2) is 17.6 Å². The number of hydrogen-bond donors (Lipinski definition) is 2. The minimum Gasteiger partial charge on any atom is -0.329 e. The summed E-state index contributed by atoms with van der Waals surface area (Å²) in [6.07, 6.45) is 1.51. The first kappa shape index (κ1) is 20.5. The number of benzene rings is 1. The summed E-state index contributed by atoms with van der Waals surface area (Å²) in [5, 5.41) is 2.34. The van der Waals surface area contributed by atoms with Gasteiger partial charge < -0.3 is 5.32 Å². The van der Waals surface area contributed by atoms with Crippen LogP contribution >= 0.6 is 38.9 Å². The molecule has 2 N–H and O–H groups in total. The number of nitrogens with one attached hydrogen (secondary N) is 2. The number of amides is 1. The number of hydrogen-bond acceptors (Lipinski definition) is 3. The Morgan fingerprint density at radius 1 is 1.48 bits per heavy atom. The molecule has 3 rings (SSSR count). The van der Waals surface area contributed by atoms with E-state index in [0.717, 1.165) is 16.8 Å². The molecule has 1 unspecified atom stereocenters. The Morgan fingerprint density at radius 2 is 2.24 bits per heavy atom. The monoisotopic (exact) mass is 467 g/mol. The van der Waals surface area contributed by atoms with Gasteiger partial charge >= 0.3 is 0 Å². The van der Waals surface area contributed by atoms with E-state index < -0.39 is 17.0 Å². The van der Waals surface area contributed by atoms with E-state index in [1.54, 1.807) is 11.3 Å². The van der Waals surface area contributed by atoms with Crippen molar-refractivity contribution in [3.63, 3.8) is 0 Å². The molecule has 0 bridgehead atoms. The van der Waals surface area contributed by atoms with Crippen molar-refractivity contribution in [3.05, 3.63) is 49.8 Å². The molecule has 136 valence electrons. The van der Waals surface area contributed by atoms with E-state index >= 15 is 0 Å². The highest BCUT2D eigenvalue weighted by Crippen LogP contribution is 2.30. The lowest BCUT2D eigenvalue weighted by Gasteiger charge is -2.28. The predicted molar refractivity (Wildman–Crippen MR) is 104 cm³/mol. The van der Waals surface area contributed by atoms with Crippen LogP contribution in [-0.4, -0.2) is 28.5 Å². The number of carbonyl (C=O) groups is 1. The highest BCUT2D eigenvalue weighted by atomic mass is 79.9. The van der Waals surface area contributed by atoms with Gasteiger partial charge in [0.05, 0.1) is 14.9 Å². The number of rotatable bonds is 3. The van der Waals surface area contributed by atoms with Gasteiger partial charge in [0, 0.05) is 24.2 Å². The Hall–Kier alpha value is -0.840. The molecule has 2 atom stereocenters. The summed E-state index contributed by atoms with van der Waals surface area (Å²) in [4.78, 5) is 11.2. The number of anilines is 1. The average molecular weight is 469 g/mol. The van der Waals surface area contributed by atoms with E-state index in [1.807, 2.05) is 17.4 Å². The van der Waals surface area contributed by atoms with Crippen LogP contribution in [-0.2, 0) is 16.0 Å². The van der Waals surface area contributed by atoms with Crippen LogP contribution in [0.25, 0.3) is 0 Å². The van der Waals surface area contributed by atoms with E-state index in [0.29, 0.717) is 12.1 Å². The molecule has 2 heterocycles. The van der Waals surface area contributed by atoms with E-state index in [4.69, 9.17) is 11.6 Å². The molecule has 0 radical (unpaired) electrons. The summed E-state index contributed by atoms with van der Waals surface area (Å²) in [7, 11) is 1.86. The molecule has 1 amide bonds. The van der Waals surface area contributed by atoms with Gasteiger partial charge in [-0.05, 0) is 52.7 Å². The molecule has 1 fully saturated rings. The van der Waals surface area contributed by atoms with Crippen LogP contribution in [0.1, 0.15) is 17.3 Å². The van der Waals surface area contributed by atoms with Crippen molar-refractivity contribution >= 4 is 62.1 Å². The fourth-order valence-corrected chi connectivity index (χ4v) is 4.74. The molecule has 1 saturated heterocycles. The van der Waals surface area contributed by atoms with Gasteiger partial charge in [-0.3, -0.25) is 4.79 Å². The van der Waals surface area contributed by atoms with Crippen LogP contribution < -0.4 is 10.0 Å². The molecule has 1 aliphatic heterocycles. The standard InChI is InChI=1S/C8H11BrN2OS2.C7H5ClFNO/c1-11-5-4-6(10-14(11)12)7-2-3-8(9)13-7;8-6-3-5(10-4-11)1-2-7(6)9/h2-3,6,10H,4-5H2,1H3;1-4H,(H,10,11)/t6-,14?;/m0./s1. The van der Waals surface area contributed by atoms with Crippen molar-refractivity contribution in [1.29, 1.82) is 0 Å². The fraction of sp³-hybridized carbons (Fsp3) is 0.267. The van der Waals surface area contributed by atoms with Gasteiger partial charge in [0.15, 0.2) is 11.2 Å². The molecule has 1 aromatic heterocycles. The second-order valence-corrected chi connectivity index (χ2v) is 9.35. The van der Waals surface area contributed by atoms with Crippen LogP contribution in [0.15, 0.2) is 34.1 Å². The zero-order chi connectivity index (χ0) is 18.4. The molecule has 2 aromatic rings. The number of halogens is 3. The molecule has 10 heteroatoms. The molecule has 5 nitrogen and oxygen atoms in total. The van der Waals surface area contributed by atoms with Crippen molar-refractivity contribution in [3.8, 4) is 0 Å². The first-order valence-corrected chi connectivity index (χ1v) is 10.3. The van der Waals surface area contributed by atoms with E-state index in [2.05, 4.69) is 32.0 Å². The van der Waals surface area contributed by atoms with E-state index in [9.17, 15) is 13.4 Å². The summed E-state index contributed by atoms with van der Waals surface area (Å²) in [6.45, 7) is 0.875. The van der Waals surface area contributed by atoms with Crippen LogP contribution in [0, 0.1) is 5.82 Å². The molecule has 0 aliphatic carbocycles. The van der Waals surface area contributed by atoms with Gasteiger partial charge in [-0.15, -0.1) is 11.3 Å². The highest BCUT2D eigenvalue weighted by molar-refractivity contribution is 9.11. The van der Waals surface area contributed by atoms with Crippen molar-refractivity contribution < 1.29 is 13.4 Å². The van der Waals surface area contributed by atoms with E-state index in [-0.39, 0.29) is 11.1 Å². The minimum atomic E-state index is -1.03. The van der Waals surface area contributed by atoms with E-state index in [1.165, 1.54) is 23.1 Å². The summed E-state index contributed by atoms with van der Waals surface area (Å²) in [5.74, 6) is -0.497. The lowest BCUT2D eigenvalue weighted by molar-refractivity contribution is -0.105. The molecular formula is C15H16BrClFN3O2S2. The second-order valence-electron chi connectivity index (χ2n) is 5.09. The quantitative estimate of drug-likeness (QED) is 0.666. The Balaban J connectivity index is 0.000000186. The SMILES string of the molecule is CN1CC[C@@H](c2ccc(Br)s2)NS1=O.O=CNc1ccc(F)c(Cl)c1. The normalized spacial score (nSPS) is 20.5. The lowest BCUT2D eigenvalue weighted by Crippen LogP contribution is -2.41. The van der Waals surface area contributed by atoms with Crippen LogP contribution in [0.2, 0.25) is 5.02 Å². The minimum absolute atomic E-state index is 0.00292. The largest absolute Gasteiger partial charge is 0.329 e. The zero-order valence-corrected chi connectivity index (χ0v) is 17.1. The van der Waals surface area contributed by atoms with Crippen LogP contribution in [0.5, 0.6) is 0 Å². The Bertz CT molecular complexity index is 762. The number of nitrogens with zero attached hydrogens (tertiary/aromatic N) is 1. The predicted octanol–water partition coefficient (Wildman–Crippen LogP) is 4.10. The average Bonchev–Trinajstić information content (AvgIpc) is 3.01. The van der Waals surface area contributed by atoms with Crippen molar-refractivity contribution in [2.24, 2.45) is 0 Å². The Kier molecular flexibility index (Phi) is 7.98. The Labute approximate surface area is 165 Å². The van der Waals surface area contributed by atoms with Gasteiger partial charge in [0.1, 0.15) is 5.82 Å². The number of thiophene rings is 1.